The Balaban J connectivity index is 1.71. The zero-order chi connectivity index (χ0) is 17.0. The fraction of sp³-hybridized carbons (Fsp3) is 0.294. The number of halogens is 1. The molecule has 0 aromatic heterocycles. The van der Waals surface area contributed by atoms with Crippen LogP contribution < -0.4 is 4.74 Å². The highest BCUT2D eigenvalue weighted by atomic mass is 79.9. The first-order valence-corrected chi connectivity index (χ1v) is 10.2. The first-order valence-electron chi connectivity index (χ1n) is 7.72. The molecule has 0 bridgehead atoms. The first-order chi connectivity index (χ1) is 11.6. The average molecular weight is 411 g/mol. The van der Waals surface area contributed by atoms with Gasteiger partial charge >= 0.3 is 0 Å². The molecule has 3 rings (SSSR count). The van der Waals surface area contributed by atoms with Crippen molar-refractivity contribution in [2.75, 3.05) is 25.0 Å². The van der Waals surface area contributed by atoms with Crippen LogP contribution in [0.1, 0.15) is 5.56 Å². The van der Waals surface area contributed by atoms with E-state index in [0.29, 0.717) is 37.3 Å². The van der Waals surface area contributed by atoms with Crippen LogP contribution in [0.25, 0.3) is 0 Å². The van der Waals surface area contributed by atoms with E-state index >= 15 is 0 Å². The zero-order valence-corrected chi connectivity index (χ0v) is 15.5. The summed E-state index contributed by atoms with van der Waals surface area (Å²) in [6, 6.07) is 17.1. The molecule has 24 heavy (non-hydrogen) atoms. The molecule has 5 nitrogen and oxygen atoms in total. The van der Waals surface area contributed by atoms with Crippen LogP contribution in [0.5, 0.6) is 11.5 Å². The molecule has 1 saturated heterocycles. The molecule has 2 aromatic rings. The molecule has 128 valence electrons. The molecule has 0 N–H and O–H groups in total. The van der Waals surface area contributed by atoms with Gasteiger partial charge in [0, 0.05) is 31.5 Å². The highest BCUT2D eigenvalue weighted by molar-refractivity contribution is 9.09. The third-order valence-electron chi connectivity index (χ3n) is 3.82. The van der Waals surface area contributed by atoms with Crippen LogP contribution in [-0.4, -0.2) is 42.0 Å². The van der Waals surface area contributed by atoms with Crippen LogP contribution >= 0.6 is 15.9 Å². The number of para-hydroxylation sites is 1. The van der Waals surface area contributed by atoms with Gasteiger partial charge < -0.3 is 4.74 Å². The van der Waals surface area contributed by atoms with Gasteiger partial charge in [0.25, 0.3) is 10.2 Å². The second kappa shape index (κ2) is 7.65. The predicted molar refractivity (Wildman–Crippen MR) is 97.7 cm³/mol. The molecule has 1 aliphatic heterocycles. The van der Waals surface area contributed by atoms with E-state index in [0.717, 1.165) is 11.3 Å². The largest absolute Gasteiger partial charge is 0.457 e. The fourth-order valence-electron chi connectivity index (χ4n) is 2.63. The minimum Gasteiger partial charge on any atom is -0.457 e. The number of hydrogen-bond acceptors (Lipinski definition) is 3. The zero-order valence-electron chi connectivity index (χ0n) is 13.1. The lowest BCUT2D eigenvalue weighted by Gasteiger charge is -2.18. The Kier molecular flexibility index (Phi) is 5.55. The average Bonchev–Trinajstić information content (AvgIpc) is 2.84. The van der Waals surface area contributed by atoms with Crippen LogP contribution in [-0.2, 0) is 16.8 Å². The summed E-state index contributed by atoms with van der Waals surface area (Å²) in [6.45, 7) is 1.90. The minimum absolute atomic E-state index is 0.354. The van der Waals surface area contributed by atoms with Crippen molar-refractivity contribution in [3.63, 3.8) is 0 Å². The van der Waals surface area contributed by atoms with Crippen molar-refractivity contribution >= 4 is 26.1 Å². The molecule has 0 unspecified atom stereocenters. The number of benzene rings is 2. The first kappa shape index (κ1) is 17.4. The second-order valence-corrected chi connectivity index (χ2v) is 8.21. The Bertz CT molecular complexity index is 783. The molecule has 0 saturated carbocycles. The number of hydrogen-bond donors (Lipinski definition) is 0. The summed E-state index contributed by atoms with van der Waals surface area (Å²) in [4.78, 5) is 0. The van der Waals surface area contributed by atoms with Crippen molar-refractivity contribution in [2.24, 2.45) is 0 Å². The molecular weight excluding hydrogens is 392 g/mol. The summed E-state index contributed by atoms with van der Waals surface area (Å²) in [6.07, 6.45) is 0. The molecule has 0 amide bonds. The third-order valence-corrected chi connectivity index (χ3v) is 6.16. The van der Waals surface area contributed by atoms with Gasteiger partial charge in [-0.2, -0.15) is 17.0 Å². The number of rotatable bonds is 6. The minimum atomic E-state index is -3.36. The summed E-state index contributed by atoms with van der Waals surface area (Å²) in [7, 11) is -3.36. The van der Waals surface area contributed by atoms with E-state index in [4.69, 9.17) is 4.74 Å². The van der Waals surface area contributed by atoms with Gasteiger partial charge in [-0.25, -0.2) is 0 Å². The van der Waals surface area contributed by atoms with Crippen molar-refractivity contribution in [2.45, 2.75) is 6.54 Å². The van der Waals surface area contributed by atoms with Crippen LogP contribution in [0.4, 0.5) is 0 Å². The molecular formula is C17H19BrN2O3S. The normalized spacial score (nSPS) is 17.9. The Hall–Kier alpha value is -1.41. The van der Waals surface area contributed by atoms with Crippen molar-refractivity contribution in [1.82, 2.24) is 8.61 Å². The molecule has 0 radical (unpaired) electrons. The van der Waals surface area contributed by atoms with E-state index in [9.17, 15) is 8.42 Å². The maximum absolute atomic E-state index is 12.5. The van der Waals surface area contributed by atoms with E-state index in [-0.39, 0.29) is 0 Å². The Labute approximate surface area is 151 Å². The van der Waals surface area contributed by atoms with E-state index < -0.39 is 10.2 Å². The van der Waals surface area contributed by atoms with Gasteiger partial charge in [0.2, 0.25) is 0 Å². The maximum atomic E-state index is 12.5. The van der Waals surface area contributed by atoms with Gasteiger partial charge in [-0.15, -0.1) is 0 Å². The summed E-state index contributed by atoms with van der Waals surface area (Å²) < 4.78 is 33.8. The third kappa shape index (κ3) is 3.97. The Morgan fingerprint density at radius 1 is 0.958 bits per heavy atom. The number of alkyl halides is 1. The quantitative estimate of drug-likeness (QED) is 0.686. The van der Waals surface area contributed by atoms with Crippen LogP contribution in [0, 0.1) is 0 Å². The molecule has 0 aliphatic carbocycles. The molecule has 0 spiro atoms. The lowest BCUT2D eigenvalue weighted by molar-refractivity contribution is 0.440. The van der Waals surface area contributed by atoms with Crippen molar-refractivity contribution in [3.8, 4) is 11.5 Å². The van der Waals surface area contributed by atoms with Gasteiger partial charge in [-0.1, -0.05) is 46.3 Å². The summed E-state index contributed by atoms with van der Waals surface area (Å²) >= 11 is 3.30. The van der Waals surface area contributed by atoms with Crippen LogP contribution in [0.15, 0.2) is 54.6 Å². The van der Waals surface area contributed by atoms with Crippen LogP contribution in [0.2, 0.25) is 0 Å². The van der Waals surface area contributed by atoms with Gasteiger partial charge in [0.15, 0.2) is 0 Å². The van der Waals surface area contributed by atoms with Crippen molar-refractivity contribution in [3.05, 3.63) is 60.2 Å². The van der Waals surface area contributed by atoms with Gasteiger partial charge in [-0.3, -0.25) is 0 Å². The number of ether oxygens (including phenoxy) is 1. The maximum Gasteiger partial charge on any atom is 0.282 e. The Morgan fingerprint density at radius 2 is 1.67 bits per heavy atom. The Morgan fingerprint density at radius 3 is 2.42 bits per heavy atom. The fourth-order valence-corrected chi connectivity index (χ4v) is 4.88. The van der Waals surface area contributed by atoms with E-state index in [1.165, 1.54) is 8.61 Å². The summed E-state index contributed by atoms with van der Waals surface area (Å²) in [5.41, 5.74) is 0.910. The summed E-state index contributed by atoms with van der Waals surface area (Å²) in [5.74, 6) is 1.46. The molecule has 7 heteroatoms. The SMILES string of the molecule is O=S1(=O)N(CCBr)CCN1Cc1cccc(Oc2ccccc2)c1. The van der Waals surface area contributed by atoms with E-state index in [1.54, 1.807) is 0 Å². The van der Waals surface area contributed by atoms with Crippen molar-refractivity contribution in [1.29, 1.82) is 0 Å². The van der Waals surface area contributed by atoms with Crippen molar-refractivity contribution < 1.29 is 13.2 Å². The van der Waals surface area contributed by atoms with Gasteiger partial charge in [0.05, 0.1) is 0 Å². The highest BCUT2D eigenvalue weighted by Gasteiger charge is 2.35. The smallest absolute Gasteiger partial charge is 0.282 e. The monoisotopic (exact) mass is 410 g/mol. The molecule has 1 aliphatic rings. The topological polar surface area (TPSA) is 49.9 Å². The van der Waals surface area contributed by atoms with E-state index in [1.807, 2.05) is 54.6 Å². The standard InChI is InChI=1S/C17H19BrN2O3S/c18-9-10-19-11-12-20(24(19,21)22)14-15-5-4-8-17(13-15)23-16-6-2-1-3-7-16/h1-8,13H,9-12,14H2. The molecule has 1 heterocycles. The second-order valence-electron chi connectivity index (χ2n) is 5.49. The predicted octanol–water partition coefficient (Wildman–Crippen LogP) is 3.24. The summed E-state index contributed by atoms with van der Waals surface area (Å²) in [5, 5.41) is 0.639. The van der Waals surface area contributed by atoms with Gasteiger partial charge in [-0.05, 0) is 29.8 Å². The highest BCUT2D eigenvalue weighted by Crippen LogP contribution is 2.24. The molecule has 1 fully saturated rings. The number of nitrogens with zero attached hydrogens (tertiary/aromatic N) is 2. The lowest BCUT2D eigenvalue weighted by atomic mass is 10.2. The molecule has 2 aromatic carbocycles. The lowest BCUT2D eigenvalue weighted by Crippen LogP contribution is -2.33. The van der Waals surface area contributed by atoms with Crippen LogP contribution in [0.3, 0.4) is 0 Å². The van der Waals surface area contributed by atoms with E-state index in [2.05, 4.69) is 15.9 Å². The molecule has 0 atom stereocenters. The van der Waals surface area contributed by atoms with Gasteiger partial charge in [0.1, 0.15) is 11.5 Å².